The highest BCUT2D eigenvalue weighted by molar-refractivity contribution is 9.10. The maximum absolute atomic E-state index is 12.1. The summed E-state index contributed by atoms with van der Waals surface area (Å²) in [7, 11) is 0. The van der Waals surface area contributed by atoms with E-state index in [1.165, 1.54) is 0 Å². The second-order valence-electron chi connectivity index (χ2n) is 6.28. The number of halogens is 1. The SMILES string of the molecule is CC(C)OCC(=O)Nc1c[nH]c2ncc(Br)c(N3CC[C@H](N)C3)c12. The summed E-state index contributed by atoms with van der Waals surface area (Å²) < 4.78 is 6.24. The predicted octanol–water partition coefficient (Wildman–Crippen LogP) is 2.23. The number of nitrogens with two attached hydrogens (primary N) is 1. The zero-order valence-corrected chi connectivity index (χ0v) is 15.4. The van der Waals surface area contributed by atoms with E-state index in [-0.39, 0.29) is 24.7 Å². The minimum absolute atomic E-state index is 0.0104. The number of H-pyrrole nitrogens is 1. The van der Waals surface area contributed by atoms with Gasteiger partial charge in [0.15, 0.2) is 0 Å². The Morgan fingerprint density at radius 1 is 1.62 bits per heavy atom. The molecule has 0 unspecified atom stereocenters. The number of hydrogen-bond acceptors (Lipinski definition) is 5. The topological polar surface area (TPSA) is 96.3 Å². The van der Waals surface area contributed by atoms with Crippen molar-refractivity contribution in [2.75, 3.05) is 29.9 Å². The molecule has 2 aromatic heterocycles. The zero-order valence-electron chi connectivity index (χ0n) is 13.8. The van der Waals surface area contributed by atoms with Crippen molar-refractivity contribution < 1.29 is 9.53 Å². The maximum atomic E-state index is 12.1. The molecule has 7 nitrogen and oxygen atoms in total. The van der Waals surface area contributed by atoms with Crippen LogP contribution in [0.2, 0.25) is 0 Å². The van der Waals surface area contributed by atoms with Gasteiger partial charge in [0.25, 0.3) is 0 Å². The number of anilines is 2. The molecule has 1 saturated heterocycles. The fourth-order valence-electron chi connectivity index (χ4n) is 2.88. The van der Waals surface area contributed by atoms with Gasteiger partial charge in [-0.1, -0.05) is 0 Å². The van der Waals surface area contributed by atoms with Crippen molar-refractivity contribution in [3.8, 4) is 0 Å². The first-order valence-corrected chi connectivity index (χ1v) is 8.82. The van der Waals surface area contributed by atoms with Crippen molar-refractivity contribution in [2.24, 2.45) is 5.73 Å². The van der Waals surface area contributed by atoms with E-state index in [2.05, 4.69) is 36.1 Å². The largest absolute Gasteiger partial charge is 0.369 e. The molecule has 0 aliphatic carbocycles. The highest BCUT2D eigenvalue weighted by Crippen LogP contribution is 2.38. The lowest BCUT2D eigenvalue weighted by Crippen LogP contribution is -2.27. The number of rotatable bonds is 5. The summed E-state index contributed by atoms with van der Waals surface area (Å²) in [5.41, 5.74) is 8.49. The molecule has 1 fully saturated rings. The van der Waals surface area contributed by atoms with E-state index in [1.807, 2.05) is 13.8 Å². The van der Waals surface area contributed by atoms with Crippen molar-refractivity contribution >= 4 is 44.2 Å². The van der Waals surface area contributed by atoms with E-state index in [0.29, 0.717) is 5.69 Å². The van der Waals surface area contributed by atoms with E-state index in [4.69, 9.17) is 10.5 Å². The Kier molecular flexibility index (Phi) is 5.07. The third-order valence-corrected chi connectivity index (χ3v) is 4.57. The first-order valence-electron chi connectivity index (χ1n) is 8.03. The molecule has 1 aliphatic heterocycles. The van der Waals surface area contributed by atoms with Crippen LogP contribution < -0.4 is 16.0 Å². The van der Waals surface area contributed by atoms with E-state index in [9.17, 15) is 4.79 Å². The van der Waals surface area contributed by atoms with Gasteiger partial charge in [0.2, 0.25) is 5.91 Å². The summed E-state index contributed by atoms with van der Waals surface area (Å²) in [5, 5.41) is 3.79. The molecule has 3 heterocycles. The van der Waals surface area contributed by atoms with E-state index in [1.54, 1.807) is 12.4 Å². The third-order valence-electron chi connectivity index (χ3n) is 3.99. The molecule has 24 heavy (non-hydrogen) atoms. The molecule has 0 radical (unpaired) electrons. The van der Waals surface area contributed by atoms with Crippen molar-refractivity contribution in [1.29, 1.82) is 0 Å². The average Bonchev–Trinajstić information content (AvgIpc) is 3.12. The van der Waals surface area contributed by atoms with Crippen LogP contribution in [-0.4, -0.2) is 47.7 Å². The molecule has 4 N–H and O–H groups in total. The van der Waals surface area contributed by atoms with Crippen molar-refractivity contribution in [3.05, 3.63) is 16.9 Å². The Morgan fingerprint density at radius 3 is 3.08 bits per heavy atom. The number of nitrogens with zero attached hydrogens (tertiary/aromatic N) is 2. The van der Waals surface area contributed by atoms with Gasteiger partial charge >= 0.3 is 0 Å². The fourth-order valence-corrected chi connectivity index (χ4v) is 3.43. The van der Waals surface area contributed by atoms with E-state index >= 15 is 0 Å². The van der Waals surface area contributed by atoms with Crippen LogP contribution in [0.3, 0.4) is 0 Å². The van der Waals surface area contributed by atoms with Crippen LogP contribution in [0.1, 0.15) is 20.3 Å². The van der Waals surface area contributed by atoms with Gasteiger partial charge in [0.05, 0.1) is 27.3 Å². The summed E-state index contributed by atoms with van der Waals surface area (Å²) in [6.45, 7) is 5.49. The number of nitrogens with one attached hydrogen (secondary N) is 2. The first-order chi connectivity index (χ1) is 11.5. The van der Waals surface area contributed by atoms with Gasteiger partial charge in [-0.15, -0.1) is 0 Å². The van der Waals surface area contributed by atoms with Gasteiger partial charge in [-0.3, -0.25) is 4.79 Å². The molecule has 0 spiro atoms. The van der Waals surface area contributed by atoms with Crippen LogP contribution in [0.4, 0.5) is 11.4 Å². The molecular weight excluding hydrogens is 374 g/mol. The Morgan fingerprint density at radius 2 is 2.42 bits per heavy atom. The summed E-state index contributed by atoms with van der Waals surface area (Å²) in [5.74, 6) is -0.186. The number of carbonyl (C=O) groups is 1. The third kappa shape index (κ3) is 3.55. The van der Waals surface area contributed by atoms with E-state index in [0.717, 1.165) is 40.7 Å². The lowest BCUT2D eigenvalue weighted by Gasteiger charge is -2.21. The lowest BCUT2D eigenvalue weighted by molar-refractivity contribution is -0.121. The van der Waals surface area contributed by atoms with Gasteiger partial charge in [0, 0.05) is 31.5 Å². The van der Waals surface area contributed by atoms with Gasteiger partial charge in [-0.2, -0.15) is 0 Å². The summed E-state index contributed by atoms with van der Waals surface area (Å²) in [6.07, 6.45) is 4.49. The predicted molar refractivity (Wildman–Crippen MR) is 98.3 cm³/mol. The van der Waals surface area contributed by atoms with Gasteiger partial charge in [-0.25, -0.2) is 4.98 Å². The van der Waals surface area contributed by atoms with E-state index < -0.39 is 0 Å². The number of hydrogen-bond donors (Lipinski definition) is 3. The van der Waals surface area contributed by atoms with Crippen LogP contribution in [-0.2, 0) is 9.53 Å². The number of aromatic amines is 1. The molecule has 3 rings (SSSR count). The van der Waals surface area contributed by atoms with Crippen LogP contribution in [0, 0.1) is 0 Å². The highest BCUT2D eigenvalue weighted by Gasteiger charge is 2.25. The molecule has 1 aliphatic rings. The molecule has 1 atom stereocenters. The summed E-state index contributed by atoms with van der Waals surface area (Å²) in [6, 6.07) is 0.163. The Balaban J connectivity index is 1.92. The first kappa shape index (κ1) is 17.2. The van der Waals surface area contributed by atoms with Crippen LogP contribution in [0.25, 0.3) is 11.0 Å². The van der Waals surface area contributed by atoms with Crippen LogP contribution in [0.5, 0.6) is 0 Å². The Hall–Kier alpha value is -1.64. The molecule has 8 heteroatoms. The van der Waals surface area contributed by atoms with Crippen molar-refractivity contribution in [2.45, 2.75) is 32.4 Å². The molecule has 0 saturated carbocycles. The standard InChI is InChI=1S/C16H22BrN5O2/c1-9(2)24-8-13(23)21-12-6-20-16-14(12)15(11(17)5-19-16)22-4-3-10(18)7-22/h5-6,9-10H,3-4,7-8,18H2,1-2H3,(H,19,20)(H,21,23)/t10-/m0/s1. The quantitative estimate of drug-likeness (QED) is 0.720. The van der Waals surface area contributed by atoms with Crippen molar-refractivity contribution in [3.63, 3.8) is 0 Å². The molecule has 130 valence electrons. The van der Waals surface area contributed by atoms with Crippen LogP contribution in [0.15, 0.2) is 16.9 Å². The number of pyridine rings is 1. The van der Waals surface area contributed by atoms with Gasteiger partial charge in [-0.05, 0) is 36.2 Å². The summed E-state index contributed by atoms with van der Waals surface area (Å²) >= 11 is 3.59. The molecular formula is C16H22BrN5O2. The zero-order chi connectivity index (χ0) is 17.3. The van der Waals surface area contributed by atoms with Gasteiger partial charge in [0.1, 0.15) is 12.3 Å². The van der Waals surface area contributed by atoms with Crippen molar-refractivity contribution in [1.82, 2.24) is 9.97 Å². The number of amides is 1. The Labute approximate surface area is 149 Å². The number of aromatic nitrogens is 2. The monoisotopic (exact) mass is 395 g/mol. The van der Waals surface area contributed by atoms with Crippen LogP contribution >= 0.6 is 15.9 Å². The molecule has 2 aromatic rings. The number of ether oxygens (including phenoxy) is 1. The molecule has 0 aromatic carbocycles. The fraction of sp³-hybridized carbons (Fsp3) is 0.500. The minimum Gasteiger partial charge on any atom is -0.369 e. The molecule has 1 amide bonds. The lowest BCUT2D eigenvalue weighted by atomic mass is 10.2. The van der Waals surface area contributed by atoms with Gasteiger partial charge < -0.3 is 25.7 Å². The maximum Gasteiger partial charge on any atom is 0.250 e. The number of fused-ring (bicyclic) bond motifs is 1. The minimum atomic E-state index is -0.186. The second-order valence-corrected chi connectivity index (χ2v) is 7.14. The smallest absolute Gasteiger partial charge is 0.250 e. The average molecular weight is 396 g/mol. The molecule has 0 bridgehead atoms. The summed E-state index contributed by atoms with van der Waals surface area (Å²) in [4.78, 5) is 21.8. The highest BCUT2D eigenvalue weighted by atomic mass is 79.9. The second kappa shape index (κ2) is 7.08. The Bertz CT molecular complexity index is 745. The number of carbonyl (C=O) groups excluding carboxylic acids is 1. The normalized spacial score (nSPS) is 17.9.